The van der Waals surface area contributed by atoms with Crippen LogP contribution >= 0.6 is 0 Å². The Bertz CT molecular complexity index is 770. The summed E-state index contributed by atoms with van der Waals surface area (Å²) in [5.41, 5.74) is 4.90. The zero-order valence-electron chi connectivity index (χ0n) is 13.4. The van der Waals surface area contributed by atoms with Gasteiger partial charge >= 0.3 is 6.15 Å². The summed E-state index contributed by atoms with van der Waals surface area (Å²) in [5, 5.41) is 0. The summed E-state index contributed by atoms with van der Waals surface area (Å²) in [6, 6.07) is 27.0. The minimum atomic E-state index is 0.250. The molecule has 0 aliphatic rings. The number of hydrogen-bond acceptors (Lipinski definition) is 3. The van der Waals surface area contributed by atoms with E-state index in [0.717, 1.165) is 5.75 Å². The van der Waals surface area contributed by atoms with Crippen LogP contribution in [-0.2, 0) is 16.2 Å². The minimum absolute atomic E-state index is 0.250. The molecule has 0 aliphatic heterocycles. The van der Waals surface area contributed by atoms with Gasteiger partial charge in [-0.05, 0) is 35.7 Å². The molecule has 0 N–H and O–H groups in total. The summed E-state index contributed by atoms with van der Waals surface area (Å²) >= 11 is 0. The van der Waals surface area contributed by atoms with Crippen LogP contribution in [0.4, 0.5) is 0 Å². The third kappa shape index (κ3) is 5.24. The first-order valence-corrected chi connectivity index (χ1v) is 7.56. The molecular weight excluding hydrogens is 300 g/mol. The van der Waals surface area contributed by atoms with Crippen molar-refractivity contribution in [3.8, 4) is 16.9 Å². The van der Waals surface area contributed by atoms with E-state index in [4.69, 9.17) is 14.3 Å². The molecule has 0 atom stereocenters. The zero-order valence-corrected chi connectivity index (χ0v) is 13.4. The molecule has 3 aromatic carbocycles. The molecule has 0 fully saturated rings. The third-order valence-electron chi connectivity index (χ3n) is 3.49. The number of carbonyl (C=O) groups excluding carboxylic acids is 2. The van der Waals surface area contributed by atoms with Crippen molar-refractivity contribution in [2.45, 2.75) is 13.5 Å². The first-order valence-electron chi connectivity index (χ1n) is 7.56. The fourth-order valence-corrected chi connectivity index (χ4v) is 2.23. The number of ether oxygens (including phenoxy) is 1. The topological polar surface area (TPSA) is 43.4 Å². The minimum Gasteiger partial charge on any atom is -0.489 e. The number of rotatable bonds is 4. The molecule has 0 aliphatic carbocycles. The van der Waals surface area contributed by atoms with Gasteiger partial charge in [-0.25, -0.2) is 0 Å². The molecule has 0 aromatic heterocycles. The van der Waals surface area contributed by atoms with Crippen molar-refractivity contribution in [2.75, 3.05) is 0 Å². The number of aryl methyl sites for hydroxylation is 1. The standard InChI is InChI=1S/C20H18O.CO2/c1-16-7-9-18(10-8-16)19-11-13-20(14-12-19)21-15-17-5-3-2-4-6-17;2-1-3/h2-14H,15H2,1H3;. The molecule has 0 amide bonds. The lowest BCUT2D eigenvalue weighted by Crippen LogP contribution is -1.94. The zero-order chi connectivity index (χ0) is 17.2. The van der Waals surface area contributed by atoms with Crippen LogP contribution in [0.3, 0.4) is 0 Å². The van der Waals surface area contributed by atoms with Gasteiger partial charge in [-0.3, -0.25) is 0 Å². The highest BCUT2D eigenvalue weighted by Gasteiger charge is 1.99. The molecule has 24 heavy (non-hydrogen) atoms. The van der Waals surface area contributed by atoms with Crippen molar-refractivity contribution in [3.63, 3.8) is 0 Å². The maximum absolute atomic E-state index is 8.12. The van der Waals surface area contributed by atoms with Crippen LogP contribution in [0.2, 0.25) is 0 Å². The van der Waals surface area contributed by atoms with Crippen LogP contribution < -0.4 is 4.74 Å². The van der Waals surface area contributed by atoms with Gasteiger partial charge in [-0.1, -0.05) is 72.3 Å². The summed E-state index contributed by atoms with van der Waals surface area (Å²) in [6.45, 7) is 2.70. The van der Waals surface area contributed by atoms with Crippen molar-refractivity contribution < 1.29 is 14.3 Å². The molecule has 0 bridgehead atoms. The molecule has 3 heteroatoms. The van der Waals surface area contributed by atoms with E-state index >= 15 is 0 Å². The van der Waals surface area contributed by atoms with Crippen LogP contribution in [0.1, 0.15) is 11.1 Å². The Kier molecular flexibility index (Phi) is 6.51. The summed E-state index contributed by atoms with van der Waals surface area (Å²) in [4.78, 5) is 16.2. The third-order valence-corrected chi connectivity index (χ3v) is 3.49. The van der Waals surface area contributed by atoms with Gasteiger partial charge in [0, 0.05) is 0 Å². The number of benzene rings is 3. The van der Waals surface area contributed by atoms with Crippen molar-refractivity contribution in [3.05, 3.63) is 90.0 Å². The highest BCUT2D eigenvalue weighted by molar-refractivity contribution is 5.64. The second kappa shape index (κ2) is 9.09. The second-order valence-corrected chi connectivity index (χ2v) is 5.25. The Morgan fingerprint density at radius 2 is 1.25 bits per heavy atom. The van der Waals surface area contributed by atoms with Crippen molar-refractivity contribution in [1.82, 2.24) is 0 Å². The normalized spacial score (nSPS) is 9.38. The molecule has 120 valence electrons. The number of hydrogen-bond donors (Lipinski definition) is 0. The first-order chi connectivity index (χ1) is 11.7. The fourth-order valence-electron chi connectivity index (χ4n) is 2.23. The van der Waals surface area contributed by atoms with Crippen LogP contribution in [-0.4, -0.2) is 6.15 Å². The van der Waals surface area contributed by atoms with E-state index in [-0.39, 0.29) is 6.15 Å². The molecular formula is C21H18O3. The average Bonchev–Trinajstić information content (AvgIpc) is 2.63. The lowest BCUT2D eigenvalue weighted by Gasteiger charge is -2.08. The molecule has 0 spiro atoms. The predicted molar refractivity (Wildman–Crippen MR) is 92.4 cm³/mol. The molecule has 0 radical (unpaired) electrons. The van der Waals surface area contributed by atoms with Gasteiger partial charge in [-0.2, -0.15) is 9.59 Å². The van der Waals surface area contributed by atoms with Crippen LogP contribution in [0.15, 0.2) is 78.9 Å². The van der Waals surface area contributed by atoms with E-state index in [9.17, 15) is 0 Å². The Hall–Kier alpha value is -3.16. The summed E-state index contributed by atoms with van der Waals surface area (Å²) < 4.78 is 5.80. The summed E-state index contributed by atoms with van der Waals surface area (Å²) in [6.07, 6.45) is 0.250. The van der Waals surface area contributed by atoms with Gasteiger partial charge in [0.25, 0.3) is 0 Å². The maximum atomic E-state index is 8.12. The van der Waals surface area contributed by atoms with Gasteiger partial charge in [0.05, 0.1) is 0 Å². The Morgan fingerprint density at radius 1 is 0.750 bits per heavy atom. The quantitative estimate of drug-likeness (QED) is 0.703. The molecule has 3 nitrogen and oxygen atoms in total. The van der Waals surface area contributed by atoms with Gasteiger partial charge in [0.1, 0.15) is 12.4 Å². The highest BCUT2D eigenvalue weighted by atomic mass is 16.5. The lowest BCUT2D eigenvalue weighted by atomic mass is 10.0. The SMILES string of the molecule is Cc1ccc(-c2ccc(OCc3ccccc3)cc2)cc1.O=C=O. The molecule has 3 aromatic rings. The molecule has 0 unspecified atom stereocenters. The summed E-state index contributed by atoms with van der Waals surface area (Å²) in [7, 11) is 0. The van der Waals surface area contributed by atoms with Gasteiger partial charge < -0.3 is 4.74 Å². The van der Waals surface area contributed by atoms with E-state index in [0.29, 0.717) is 6.61 Å². The largest absolute Gasteiger partial charge is 0.489 e. The Morgan fingerprint density at radius 3 is 1.79 bits per heavy atom. The van der Waals surface area contributed by atoms with E-state index < -0.39 is 0 Å². The van der Waals surface area contributed by atoms with Crippen LogP contribution in [0.25, 0.3) is 11.1 Å². The molecule has 0 saturated carbocycles. The molecule has 0 heterocycles. The Labute approximate surface area is 141 Å². The van der Waals surface area contributed by atoms with Crippen LogP contribution in [0.5, 0.6) is 5.75 Å². The fraction of sp³-hybridized carbons (Fsp3) is 0.0952. The Balaban J connectivity index is 0.000000647. The second-order valence-electron chi connectivity index (χ2n) is 5.25. The van der Waals surface area contributed by atoms with E-state index in [2.05, 4.69) is 55.5 Å². The lowest BCUT2D eigenvalue weighted by molar-refractivity contribution is -0.191. The van der Waals surface area contributed by atoms with Crippen molar-refractivity contribution >= 4 is 6.15 Å². The smallest absolute Gasteiger partial charge is 0.373 e. The highest BCUT2D eigenvalue weighted by Crippen LogP contribution is 2.23. The van der Waals surface area contributed by atoms with E-state index in [1.54, 1.807) is 0 Å². The maximum Gasteiger partial charge on any atom is 0.373 e. The van der Waals surface area contributed by atoms with E-state index in [1.807, 2.05) is 30.3 Å². The van der Waals surface area contributed by atoms with Gasteiger partial charge in [0.15, 0.2) is 0 Å². The molecule has 3 rings (SSSR count). The first kappa shape index (κ1) is 17.2. The predicted octanol–water partition coefficient (Wildman–Crippen LogP) is 4.66. The van der Waals surface area contributed by atoms with Gasteiger partial charge in [-0.15, -0.1) is 0 Å². The van der Waals surface area contributed by atoms with Crippen molar-refractivity contribution in [2.24, 2.45) is 0 Å². The van der Waals surface area contributed by atoms with Crippen LogP contribution in [0, 0.1) is 6.92 Å². The average molecular weight is 318 g/mol. The summed E-state index contributed by atoms with van der Waals surface area (Å²) in [5.74, 6) is 0.898. The molecule has 0 saturated heterocycles. The van der Waals surface area contributed by atoms with Gasteiger partial charge in [0.2, 0.25) is 0 Å². The monoisotopic (exact) mass is 318 g/mol. The van der Waals surface area contributed by atoms with Crippen molar-refractivity contribution in [1.29, 1.82) is 0 Å². The van der Waals surface area contributed by atoms with E-state index in [1.165, 1.54) is 22.3 Å².